The van der Waals surface area contributed by atoms with Crippen LogP contribution in [0.5, 0.6) is 0 Å². The van der Waals surface area contributed by atoms with E-state index in [2.05, 4.69) is 44.6 Å². The van der Waals surface area contributed by atoms with Crippen LogP contribution in [0.3, 0.4) is 0 Å². The number of H-pyrrole nitrogens is 1. The fourth-order valence-corrected chi connectivity index (χ4v) is 4.31. The molecule has 0 unspecified atom stereocenters. The smallest absolute Gasteiger partial charge is 0.166 e. The van der Waals surface area contributed by atoms with Gasteiger partial charge in [0.2, 0.25) is 0 Å². The predicted octanol–water partition coefficient (Wildman–Crippen LogP) is 6.05. The number of benzene rings is 1. The van der Waals surface area contributed by atoms with Crippen molar-refractivity contribution in [3.05, 3.63) is 70.2 Å². The van der Waals surface area contributed by atoms with Crippen molar-refractivity contribution in [1.82, 2.24) is 19.3 Å². The highest BCUT2D eigenvalue weighted by Crippen LogP contribution is 2.28. The number of rotatable bonds is 9. The maximum absolute atomic E-state index is 13.3. The normalized spacial score (nSPS) is 12.0. The van der Waals surface area contributed by atoms with Crippen molar-refractivity contribution in [2.45, 2.75) is 26.7 Å². The van der Waals surface area contributed by atoms with Gasteiger partial charge in [-0.2, -0.15) is 0 Å². The zero-order valence-corrected chi connectivity index (χ0v) is 19.5. The monoisotopic (exact) mass is 478 g/mol. The Bertz CT molecular complexity index is 1200. The lowest BCUT2D eigenvalue weighted by Crippen LogP contribution is -2.27. The molecular weight excluding hydrogens is 452 g/mol. The molecule has 6 heteroatoms. The molecule has 0 radical (unpaired) electrons. The summed E-state index contributed by atoms with van der Waals surface area (Å²) >= 11 is 3.53. The average molecular weight is 479 g/mol. The number of nitrogens with zero attached hydrogens (tertiary/aromatic N) is 3. The van der Waals surface area contributed by atoms with Crippen LogP contribution in [-0.4, -0.2) is 44.7 Å². The van der Waals surface area contributed by atoms with Gasteiger partial charge in [0.1, 0.15) is 5.65 Å². The van der Waals surface area contributed by atoms with Crippen molar-refractivity contribution in [1.29, 1.82) is 0 Å². The van der Waals surface area contributed by atoms with Gasteiger partial charge in [-0.05, 0) is 55.9 Å². The quantitative estimate of drug-likeness (QED) is 0.297. The van der Waals surface area contributed by atoms with E-state index in [1.54, 1.807) is 0 Å². The number of aromatic amines is 1. The van der Waals surface area contributed by atoms with Crippen LogP contribution >= 0.6 is 15.9 Å². The Morgan fingerprint density at radius 3 is 2.84 bits per heavy atom. The molecule has 0 aliphatic carbocycles. The van der Waals surface area contributed by atoms with Crippen LogP contribution in [0.4, 0.5) is 0 Å². The summed E-state index contributed by atoms with van der Waals surface area (Å²) in [6.45, 7) is 7.08. The van der Waals surface area contributed by atoms with Gasteiger partial charge in [-0.25, -0.2) is 4.98 Å². The van der Waals surface area contributed by atoms with Crippen LogP contribution in [0.1, 0.15) is 48.4 Å². The highest BCUT2D eigenvalue weighted by Gasteiger charge is 2.18. The Morgan fingerprint density at radius 1 is 1.19 bits per heavy atom. The number of Topliss-reactive ketones (excluding diaryl/α,β-unsaturated/α-hetero) is 1. The summed E-state index contributed by atoms with van der Waals surface area (Å²) in [5, 5.41) is 0.960. The second kappa shape index (κ2) is 9.62. The minimum Gasteiger partial charge on any atom is -0.354 e. The fourth-order valence-electron chi connectivity index (χ4n) is 3.95. The third-order valence-corrected chi connectivity index (χ3v) is 6.01. The van der Waals surface area contributed by atoms with E-state index in [0.29, 0.717) is 6.42 Å². The van der Waals surface area contributed by atoms with Gasteiger partial charge >= 0.3 is 0 Å². The van der Waals surface area contributed by atoms with Crippen LogP contribution in [0.25, 0.3) is 28.7 Å². The van der Waals surface area contributed by atoms with Gasteiger partial charge in [0.05, 0.1) is 17.0 Å². The topological polar surface area (TPSA) is 53.4 Å². The Kier molecular flexibility index (Phi) is 6.68. The third-order valence-electron chi connectivity index (χ3n) is 5.51. The molecule has 0 bridgehead atoms. The molecule has 0 atom stereocenters. The van der Waals surface area contributed by atoms with Crippen LogP contribution in [-0.2, 0) is 0 Å². The molecule has 3 aromatic heterocycles. The lowest BCUT2D eigenvalue weighted by Gasteiger charge is -2.18. The number of halogens is 1. The molecular formula is C25H27BrN4O. The van der Waals surface area contributed by atoms with Gasteiger partial charge < -0.3 is 14.3 Å². The molecule has 31 heavy (non-hydrogen) atoms. The van der Waals surface area contributed by atoms with Crippen molar-refractivity contribution in [2.75, 3.05) is 19.6 Å². The first-order valence-corrected chi connectivity index (χ1v) is 11.6. The van der Waals surface area contributed by atoms with Crippen molar-refractivity contribution in [2.24, 2.45) is 0 Å². The van der Waals surface area contributed by atoms with Gasteiger partial charge in [0.25, 0.3) is 0 Å². The van der Waals surface area contributed by atoms with Crippen LogP contribution in [0, 0.1) is 0 Å². The van der Waals surface area contributed by atoms with Crippen molar-refractivity contribution < 1.29 is 4.79 Å². The molecule has 0 aliphatic rings. The summed E-state index contributed by atoms with van der Waals surface area (Å²) < 4.78 is 2.97. The highest BCUT2D eigenvalue weighted by atomic mass is 79.9. The van der Waals surface area contributed by atoms with Gasteiger partial charge in [0.15, 0.2) is 5.78 Å². The zero-order chi connectivity index (χ0) is 21.8. The number of nitrogens with one attached hydrogen (secondary N) is 1. The van der Waals surface area contributed by atoms with Gasteiger partial charge in [-0.15, -0.1) is 0 Å². The third kappa shape index (κ3) is 4.81. The number of carbonyl (C=O) groups is 1. The van der Waals surface area contributed by atoms with Gasteiger partial charge in [-0.3, -0.25) is 4.79 Å². The minimum atomic E-state index is 0.165. The Labute approximate surface area is 190 Å². The SMILES string of the molecule is CCCN(CC)CCC(=O)c1c(/C=C/c2cn3ccccc3n2)[nH]c2cc(Br)ccc12. The van der Waals surface area contributed by atoms with E-state index in [1.165, 1.54) is 0 Å². The second-order valence-corrected chi connectivity index (χ2v) is 8.59. The summed E-state index contributed by atoms with van der Waals surface area (Å²) in [5.41, 5.74) is 4.29. The standard InChI is InChI=1S/C25H27BrN4O/c1-3-13-29(4-2)15-12-23(31)25-20-10-8-18(26)16-22(20)28-21(25)11-9-19-17-30-14-6-5-7-24(30)27-19/h5-11,14,16-17,28H,3-4,12-13,15H2,1-2H3/b11-9+. The zero-order valence-electron chi connectivity index (χ0n) is 17.9. The van der Waals surface area contributed by atoms with Crippen LogP contribution < -0.4 is 0 Å². The minimum absolute atomic E-state index is 0.165. The van der Waals surface area contributed by atoms with Crippen LogP contribution in [0.2, 0.25) is 0 Å². The Hall–Kier alpha value is -2.70. The molecule has 1 aromatic carbocycles. The number of carbonyl (C=O) groups excluding carboxylic acids is 1. The lowest BCUT2D eigenvalue weighted by atomic mass is 10.0. The van der Waals surface area contributed by atoms with E-state index >= 15 is 0 Å². The number of hydrogen-bond donors (Lipinski definition) is 1. The average Bonchev–Trinajstić information content (AvgIpc) is 3.35. The predicted molar refractivity (Wildman–Crippen MR) is 131 cm³/mol. The number of imidazole rings is 1. The number of pyridine rings is 1. The first kappa shape index (κ1) is 21.5. The molecule has 4 rings (SSSR count). The van der Waals surface area contributed by atoms with Crippen LogP contribution in [0.15, 0.2) is 53.3 Å². The summed E-state index contributed by atoms with van der Waals surface area (Å²) in [5.74, 6) is 0.165. The van der Waals surface area contributed by atoms with E-state index in [0.717, 1.165) is 64.0 Å². The molecule has 1 N–H and O–H groups in total. The molecule has 0 fully saturated rings. The van der Waals surface area contributed by atoms with E-state index in [9.17, 15) is 4.79 Å². The van der Waals surface area contributed by atoms with Crippen molar-refractivity contribution >= 4 is 50.4 Å². The Balaban J connectivity index is 1.66. The number of aromatic nitrogens is 3. The summed E-state index contributed by atoms with van der Waals surface area (Å²) in [6, 6.07) is 11.9. The molecule has 0 amide bonds. The second-order valence-electron chi connectivity index (χ2n) is 7.68. The maximum Gasteiger partial charge on any atom is 0.166 e. The molecule has 0 saturated heterocycles. The largest absolute Gasteiger partial charge is 0.354 e. The van der Waals surface area contributed by atoms with Crippen molar-refractivity contribution in [3.8, 4) is 0 Å². The van der Waals surface area contributed by atoms with E-state index in [-0.39, 0.29) is 5.78 Å². The first-order chi connectivity index (χ1) is 15.1. The summed E-state index contributed by atoms with van der Waals surface area (Å²) in [6.07, 6.45) is 9.48. The van der Waals surface area contributed by atoms with E-state index in [4.69, 9.17) is 0 Å². The molecule has 0 aliphatic heterocycles. The van der Waals surface area contributed by atoms with Gasteiger partial charge in [0, 0.05) is 40.7 Å². The molecule has 3 heterocycles. The fraction of sp³-hybridized carbons (Fsp3) is 0.280. The first-order valence-electron chi connectivity index (χ1n) is 10.8. The molecule has 0 spiro atoms. The van der Waals surface area contributed by atoms with Gasteiger partial charge in [-0.1, -0.05) is 41.9 Å². The lowest BCUT2D eigenvalue weighted by molar-refractivity contribution is 0.0966. The van der Waals surface area contributed by atoms with Crippen molar-refractivity contribution in [3.63, 3.8) is 0 Å². The highest BCUT2D eigenvalue weighted by molar-refractivity contribution is 9.10. The Morgan fingerprint density at radius 2 is 2.06 bits per heavy atom. The molecule has 4 aromatic rings. The molecule has 160 valence electrons. The van der Waals surface area contributed by atoms with E-state index in [1.807, 2.05) is 65.3 Å². The molecule has 5 nitrogen and oxygen atoms in total. The number of hydrogen-bond acceptors (Lipinski definition) is 3. The summed E-state index contributed by atoms with van der Waals surface area (Å²) in [7, 11) is 0. The maximum atomic E-state index is 13.3. The molecule has 0 saturated carbocycles. The number of fused-ring (bicyclic) bond motifs is 2. The number of ketones is 1. The summed E-state index contributed by atoms with van der Waals surface area (Å²) in [4.78, 5) is 23.7. The van der Waals surface area contributed by atoms with E-state index < -0.39 is 0 Å².